The molecule has 0 aliphatic carbocycles. The van der Waals surface area contributed by atoms with Crippen LogP contribution in [-0.4, -0.2) is 38.1 Å². The molecule has 34 heavy (non-hydrogen) atoms. The minimum absolute atomic E-state index is 0.0733. The van der Waals surface area contributed by atoms with E-state index < -0.39 is 5.92 Å². The third kappa shape index (κ3) is 3.85. The number of hydrogen-bond donors (Lipinski definition) is 2. The molecule has 0 bridgehead atoms. The van der Waals surface area contributed by atoms with Crippen molar-refractivity contribution in [3.05, 3.63) is 77.0 Å². The third-order valence-corrected chi connectivity index (χ3v) is 6.11. The smallest absolute Gasteiger partial charge is 0.261 e. The Morgan fingerprint density at radius 3 is 2.79 bits per heavy atom. The van der Waals surface area contributed by atoms with Gasteiger partial charge in [-0.05, 0) is 35.7 Å². The van der Waals surface area contributed by atoms with E-state index in [0.717, 1.165) is 11.3 Å². The summed E-state index contributed by atoms with van der Waals surface area (Å²) in [5.41, 5.74) is 3.15. The zero-order chi connectivity index (χ0) is 23.8. The summed E-state index contributed by atoms with van der Waals surface area (Å²) in [5.74, 6) is -0.461. The first-order valence-corrected chi connectivity index (χ1v) is 11.1. The standard InChI is InChI=1S/C25H24N6O3/c1-15(2)16-6-5-7-18(10-16)30-13-17(11-22(30)32)24(33)29-20-8-3-4-9-21(20)31-23-19(12-28-31)25(34)27-14-26-23/h3-10,12,14-15,17H,11,13H2,1-2H3,(H,29,33)(H,26,27,34). The number of carbonyl (C=O) groups is 2. The highest BCUT2D eigenvalue weighted by atomic mass is 16.2. The van der Waals surface area contributed by atoms with Gasteiger partial charge in [0.2, 0.25) is 11.8 Å². The van der Waals surface area contributed by atoms with E-state index in [1.165, 1.54) is 17.2 Å². The quantitative estimate of drug-likeness (QED) is 0.479. The molecule has 172 valence electrons. The Morgan fingerprint density at radius 1 is 1.15 bits per heavy atom. The highest BCUT2D eigenvalue weighted by Crippen LogP contribution is 2.29. The Balaban J connectivity index is 1.39. The molecule has 1 aliphatic rings. The van der Waals surface area contributed by atoms with E-state index in [4.69, 9.17) is 0 Å². The van der Waals surface area contributed by atoms with Crippen LogP contribution < -0.4 is 15.8 Å². The fourth-order valence-corrected chi connectivity index (χ4v) is 4.22. The molecule has 9 heteroatoms. The lowest BCUT2D eigenvalue weighted by molar-refractivity contribution is -0.122. The fraction of sp³-hybridized carbons (Fsp3) is 0.240. The molecule has 1 fully saturated rings. The summed E-state index contributed by atoms with van der Waals surface area (Å²) in [6, 6.07) is 15.0. The molecule has 0 spiro atoms. The van der Waals surface area contributed by atoms with Gasteiger partial charge >= 0.3 is 0 Å². The normalized spacial score (nSPS) is 15.9. The highest BCUT2D eigenvalue weighted by Gasteiger charge is 2.35. The third-order valence-electron chi connectivity index (χ3n) is 6.11. The number of para-hydroxylation sites is 2. The van der Waals surface area contributed by atoms with Crippen molar-refractivity contribution in [3.8, 4) is 5.69 Å². The van der Waals surface area contributed by atoms with Crippen molar-refractivity contribution < 1.29 is 9.59 Å². The molecule has 1 aliphatic heterocycles. The van der Waals surface area contributed by atoms with Gasteiger partial charge in [0.15, 0.2) is 5.65 Å². The van der Waals surface area contributed by atoms with E-state index in [1.807, 2.05) is 30.3 Å². The predicted molar refractivity (Wildman–Crippen MR) is 129 cm³/mol. The van der Waals surface area contributed by atoms with Crippen LogP contribution in [0.15, 0.2) is 65.8 Å². The van der Waals surface area contributed by atoms with E-state index in [-0.39, 0.29) is 23.8 Å². The number of hydrogen-bond acceptors (Lipinski definition) is 5. The van der Waals surface area contributed by atoms with Crippen LogP contribution in [0, 0.1) is 5.92 Å². The first-order valence-electron chi connectivity index (χ1n) is 11.1. The van der Waals surface area contributed by atoms with Gasteiger partial charge in [-0.15, -0.1) is 0 Å². The first-order chi connectivity index (χ1) is 16.4. The number of H-pyrrole nitrogens is 1. The SMILES string of the molecule is CC(C)c1cccc(N2CC(C(=O)Nc3ccccc3-n3ncc4c(=O)[nH]cnc43)CC2=O)c1. The first kappa shape index (κ1) is 21.6. The van der Waals surface area contributed by atoms with Crippen molar-refractivity contribution >= 4 is 34.2 Å². The zero-order valence-electron chi connectivity index (χ0n) is 18.9. The van der Waals surface area contributed by atoms with Crippen molar-refractivity contribution in [2.45, 2.75) is 26.2 Å². The molecular weight excluding hydrogens is 432 g/mol. The average molecular weight is 457 g/mol. The molecule has 2 amide bonds. The van der Waals surface area contributed by atoms with Crippen LogP contribution in [-0.2, 0) is 9.59 Å². The van der Waals surface area contributed by atoms with Gasteiger partial charge < -0.3 is 15.2 Å². The molecule has 3 heterocycles. The van der Waals surface area contributed by atoms with Gasteiger partial charge in [0.25, 0.3) is 5.56 Å². The van der Waals surface area contributed by atoms with E-state index >= 15 is 0 Å². The minimum atomic E-state index is -0.487. The fourth-order valence-electron chi connectivity index (χ4n) is 4.22. The maximum absolute atomic E-state index is 13.2. The number of aromatic nitrogens is 4. The summed E-state index contributed by atoms with van der Waals surface area (Å²) in [4.78, 5) is 46.4. The Kier molecular flexibility index (Phi) is 5.45. The largest absolute Gasteiger partial charge is 0.324 e. The second kappa shape index (κ2) is 8.58. The van der Waals surface area contributed by atoms with Crippen molar-refractivity contribution in [3.63, 3.8) is 0 Å². The molecule has 0 radical (unpaired) electrons. The number of nitrogens with one attached hydrogen (secondary N) is 2. The Morgan fingerprint density at radius 2 is 1.97 bits per heavy atom. The van der Waals surface area contributed by atoms with Crippen molar-refractivity contribution in [2.75, 3.05) is 16.8 Å². The molecule has 1 atom stereocenters. The Hall–Kier alpha value is -4.27. The second-order valence-corrected chi connectivity index (χ2v) is 8.69. The number of carbonyl (C=O) groups excluding carboxylic acids is 2. The maximum Gasteiger partial charge on any atom is 0.261 e. The molecule has 1 saturated heterocycles. The van der Waals surface area contributed by atoms with Gasteiger partial charge in [0.05, 0.1) is 29.8 Å². The number of nitrogens with zero attached hydrogens (tertiary/aromatic N) is 4. The van der Waals surface area contributed by atoms with Crippen molar-refractivity contribution in [1.82, 2.24) is 19.7 Å². The molecule has 1 unspecified atom stereocenters. The lowest BCUT2D eigenvalue weighted by Crippen LogP contribution is -2.28. The zero-order valence-corrected chi connectivity index (χ0v) is 18.9. The number of amides is 2. The van der Waals surface area contributed by atoms with Crippen LogP contribution >= 0.6 is 0 Å². The van der Waals surface area contributed by atoms with Gasteiger partial charge in [-0.3, -0.25) is 14.4 Å². The number of anilines is 2. The summed E-state index contributed by atoms with van der Waals surface area (Å²) >= 11 is 0. The number of aromatic amines is 1. The van der Waals surface area contributed by atoms with Crippen LogP contribution in [0.3, 0.4) is 0 Å². The van der Waals surface area contributed by atoms with Gasteiger partial charge in [-0.1, -0.05) is 38.1 Å². The monoisotopic (exact) mass is 456 g/mol. The van der Waals surface area contributed by atoms with E-state index in [0.29, 0.717) is 34.9 Å². The molecule has 5 rings (SSSR count). The van der Waals surface area contributed by atoms with Gasteiger partial charge in [-0.25, -0.2) is 9.67 Å². The predicted octanol–water partition coefficient (Wildman–Crippen LogP) is 3.22. The lowest BCUT2D eigenvalue weighted by atomic mass is 10.0. The molecule has 2 aromatic heterocycles. The summed E-state index contributed by atoms with van der Waals surface area (Å²) in [6.45, 7) is 4.52. The molecule has 2 N–H and O–H groups in total. The average Bonchev–Trinajstić information content (AvgIpc) is 3.44. The van der Waals surface area contributed by atoms with Gasteiger partial charge in [0.1, 0.15) is 5.39 Å². The maximum atomic E-state index is 13.2. The van der Waals surface area contributed by atoms with Crippen LogP contribution in [0.1, 0.15) is 31.7 Å². The Labute approximate surface area is 195 Å². The summed E-state index contributed by atoms with van der Waals surface area (Å²) < 4.78 is 1.52. The van der Waals surface area contributed by atoms with Gasteiger partial charge in [-0.2, -0.15) is 5.10 Å². The molecule has 2 aromatic carbocycles. The van der Waals surface area contributed by atoms with Crippen LogP contribution in [0.2, 0.25) is 0 Å². The van der Waals surface area contributed by atoms with E-state index in [2.05, 4.69) is 34.2 Å². The number of fused-ring (bicyclic) bond motifs is 1. The molecular formula is C25H24N6O3. The highest BCUT2D eigenvalue weighted by molar-refractivity contribution is 6.04. The Bertz CT molecular complexity index is 1450. The summed E-state index contributed by atoms with van der Waals surface area (Å²) in [6.07, 6.45) is 2.90. The summed E-state index contributed by atoms with van der Waals surface area (Å²) in [5, 5.41) is 7.60. The van der Waals surface area contributed by atoms with Crippen molar-refractivity contribution in [2.24, 2.45) is 5.92 Å². The van der Waals surface area contributed by atoms with Crippen molar-refractivity contribution in [1.29, 1.82) is 0 Å². The lowest BCUT2D eigenvalue weighted by Gasteiger charge is -2.19. The molecule has 4 aromatic rings. The van der Waals surface area contributed by atoms with E-state index in [1.54, 1.807) is 23.1 Å². The van der Waals surface area contributed by atoms with Crippen LogP contribution in [0.4, 0.5) is 11.4 Å². The molecule has 0 saturated carbocycles. The number of rotatable bonds is 5. The van der Waals surface area contributed by atoms with E-state index in [9.17, 15) is 14.4 Å². The van der Waals surface area contributed by atoms with Crippen LogP contribution in [0.5, 0.6) is 0 Å². The second-order valence-electron chi connectivity index (χ2n) is 8.69. The summed E-state index contributed by atoms with van der Waals surface area (Å²) in [7, 11) is 0. The van der Waals surface area contributed by atoms with Crippen LogP contribution in [0.25, 0.3) is 16.7 Å². The molecule has 9 nitrogen and oxygen atoms in total. The minimum Gasteiger partial charge on any atom is -0.324 e. The van der Waals surface area contributed by atoms with Gasteiger partial charge in [0, 0.05) is 18.7 Å². The topological polar surface area (TPSA) is 113 Å². The number of benzene rings is 2.